The number of hydrogen-bond donors (Lipinski definition) is 3. The van der Waals surface area contributed by atoms with Crippen LogP contribution < -0.4 is 16.4 Å². The Kier molecular flexibility index (Phi) is 5.71. The Morgan fingerprint density at radius 2 is 1.96 bits per heavy atom. The zero-order valence-corrected chi connectivity index (χ0v) is 13.9. The Hall–Kier alpha value is -2.40. The second-order valence-corrected chi connectivity index (χ2v) is 5.50. The van der Waals surface area contributed by atoms with Crippen molar-refractivity contribution >= 4 is 34.8 Å². The molecule has 0 aliphatic carbocycles. The molecule has 122 valence electrons. The van der Waals surface area contributed by atoms with Crippen molar-refractivity contribution in [1.82, 2.24) is 0 Å². The quantitative estimate of drug-likeness (QED) is 0.695. The molecule has 4 N–H and O–H groups in total. The molecule has 0 heterocycles. The summed E-state index contributed by atoms with van der Waals surface area (Å²) in [6, 6.07) is 13.0. The fourth-order valence-corrected chi connectivity index (χ4v) is 2.25. The van der Waals surface area contributed by atoms with Gasteiger partial charge in [0.15, 0.2) is 0 Å². The van der Waals surface area contributed by atoms with Gasteiger partial charge in [0, 0.05) is 16.8 Å². The first-order chi connectivity index (χ1) is 11.0. The molecule has 0 fully saturated rings. The number of rotatable bonds is 5. The SMILES string of the molecule is CCOC(=O)Nc1ccc([C@H](C)Nc2ccc(Cl)cc2)cc1N. The summed E-state index contributed by atoms with van der Waals surface area (Å²) < 4.78 is 4.84. The summed E-state index contributed by atoms with van der Waals surface area (Å²) in [6.07, 6.45) is -0.515. The number of ether oxygens (including phenoxy) is 1. The van der Waals surface area contributed by atoms with Crippen LogP contribution in [0.15, 0.2) is 42.5 Å². The number of nitrogens with two attached hydrogens (primary N) is 1. The summed E-state index contributed by atoms with van der Waals surface area (Å²) in [5.74, 6) is 0. The van der Waals surface area contributed by atoms with Crippen molar-refractivity contribution in [2.24, 2.45) is 0 Å². The van der Waals surface area contributed by atoms with Gasteiger partial charge >= 0.3 is 6.09 Å². The highest BCUT2D eigenvalue weighted by molar-refractivity contribution is 6.30. The number of benzene rings is 2. The molecule has 2 aromatic rings. The smallest absolute Gasteiger partial charge is 0.411 e. The Bertz CT molecular complexity index is 674. The third kappa shape index (κ3) is 4.79. The summed E-state index contributed by atoms with van der Waals surface area (Å²) in [5.41, 5.74) is 8.99. The largest absolute Gasteiger partial charge is 0.450 e. The van der Waals surface area contributed by atoms with Crippen LogP contribution in [0.4, 0.5) is 21.9 Å². The van der Waals surface area contributed by atoms with Gasteiger partial charge in [0.25, 0.3) is 0 Å². The van der Waals surface area contributed by atoms with Gasteiger partial charge in [-0.3, -0.25) is 5.32 Å². The van der Waals surface area contributed by atoms with E-state index in [1.54, 1.807) is 13.0 Å². The zero-order valence-electron chi connectivity index (χ0n) is 13.1. The van der Waals surface area contributed by atoms with Gasteiger partial charge < -0.3 is 15.8 Å². The standard InChI is InChI=1S/C17H20ClN3O2/c1-3-23-17(22)21-16-9-4-12(10-15(16)19)11(2)20-14-7-5-13(18)6-8-14/h4-11,20H,3,19H2,1-2H3,(H,21,22)/t11-/m0/s1. The lowest BCUT2D eigenvalue weighted by atomic mass is 10.1. The first-order valence-electron chi connectivity index (χ1n) is 7.35. The van der Waals surface area contributed by atoms with E-state index in [0.29, 0.717) is 23.0 Å². The summed E-state index contributed by atoms with van der Waals surface area (Å²) in [7, 11) is 0. The minimum atomic E-state index is -0.515. The number of carbonyl (C=O) groups excluding carboxylic acids is 1. The Morgan fingerprint density at radius 1 is 1.26 bits per heavy atom. The second-order valence-electron chi connectivity index (χ2n) is 5.07. The van der Waals surface area contributed by atoms with Gasteiger partial charge in [0.05, 0.1) is 18.0 Å². The fourth-order valence-electron chi connectivity index (χ4n) is 2.12. The van der Waals surface area contributed by atoms with Crippen LogP contribution in [0.25, 0.3) is 0 Å². The minimum absolute atomic E-state index is 0.0510. The maximum Gasteiger partial charge on any atom is 0.411 e. The third-order valence-corrected chi connectivity index (χ3v) is 3.57. The van der Waals surface area contributed by atoms with E-state index < -0.39 is 6.09 Å². The first-order valence-corrected chi connectivity index (χ1v) is 7.72. The molecule has 2 aromatic carbocycles. The van der Waals surface area contributed by atoms with E-state index in [0.717, 1.165) is 11.3 Å². The first kappa shape index (κ1) is 17.0. The molecular weight excluding hydrogens is 314 g/mol. The monoisotopic (exact) mass is 333 g/mol. The van der Waals surface area contributed by atoms with Crippen molar-refractivity contribution in [1.29, 1.82) is 0 Å². The van der Waals surface area contributed by atoms with Gasteiger partial charge in [-0.15, -0.1) is 0 Å². The zero-order chi connectivity index (χ0) is 16.8. The molecule has 0 radical (unpaired) electrons. The van der Waals surface area contributed by atoms with E-state index in [1.165, 1.54) is 0 Å². The molecule has 23 heavy (non-hydrogen) atoms. The molecule has 5 nitrogen and oxygen atoms in total. The summed E-state index contributed by atoms with van der Waals surface area (Å²) >= 11 is 5.88. The number of halogens is 1. The highest BCUT2D eigenvalue weighted by atomic mass is 35.5. The lowest BCUT2D eigenvalue weighted by Gasteiger charge is -2.17. The highest BCUT2D eigenvalue weighted by Crippen LogP contribution is 2.26. The van der Waals surface area contributed by atoms with Crippen LogP contribution in [0.2, 0.25) is 5.02 Å². The van der Waals surface area contributed by atoms with Gasteiger partial charge in [-0.1, -0.05) is 17.7 Å². The predicted octanol–water partition coefficient (Wildman–Crippen LogP) is 4.66. The van der Waals surface area contributed by atoms with E-state index >= 15 is 0 Å². The van der Waals surface area contributed by atoms with Crippen molar-refractivity contribution in [2.45, 2.75) is 19.9 Å². The molecule has 1 amide bonds. The average Bonchev–Trinajstić information content (AvgIpc) is 2.51. The molecule has 2 rings (SSSR count). The van der Waals surface area contributed by atoms with Crippen LogP contribution in [0.1, 0.15) is 25.5 Å². The van der Waals surface area contributed by atoms with Crippen molar-refractivity contribution in [2.75, 3.05) is 23.0 Å². The van der Waals surface area contributed by atoms with Gasteiger partial charge in [-0.05, 0) is 55.8 Å². The van der Waals surface area contributed by atoms with Crippen LogP contribution in [-0.2, 0) is 4.74 Å². The van der Waals surface area contributed by atoms with Gasteiger partial charge in [-0.25, -0.2) is 4.79 Å². The number of carbonyl (C=O) groups is 1. The molecule has 0 aromatic heterocycles. The van der Waals surface area contributed by atoms with E-state index in [1.807, 2.05) is 43.3 Å². The minimum Gasteiger partial charge on any atom is -0.450 e. The molecule has 1 atom stereocenters. The van der Waals surface area contributed by atoms with E-state index in [4.69, 9.17) is 22.1 Å². The summed E-state index contributed by atoms with van der Waals surface area (Å²) in [5, 5.41) is 6.68. The number of amides is 1. The van der Waals surface area contributed by atoms with Gasteiger partial charge in [0.1, 0.15) is 0 Å². The third-order valence-electron chi connectivity index (χ3n) is 3.32. The number of nitrogen functional groups attached to an aromatic ring is 1. The average molecular weight is 334 g/mol. The maximum absolute atomic E-state index is 11.4. The summed E-state index contributed by atoms with van der Waals surface area (Å²) in [6.45, 7) is 4.09. The van der Waals surface area contributed by atoms with Crippen molar-refractivity contribution in [3.8, 4) is 0 Å². The molecule has 0 saturated heterocycles. The van der Waals surface area contributed by atoms with Crippen LogP contribution in [0.3, 0.4) is 0 Å². The molecule has 0 spiro atoms. The number of hydrogen-bond acceptors (Lipinski definition) is 4. The highest BCUT2D eigenvalue weighted by Gasteiger charge is 2.10. The second kappa shape index (κ2) is 7.74. The molecular formula is C17H20ClN3O2. The summed E-state index contributed by atoms with van der Waals surface area (Å²) in [4.78, 5) is 11.4. The maximum atomic E-state index is 11.4. The van der Waals surface area contributed by atoms with Crippen LogP contribution in [-0.4, -0.2) is 12.7 Å². The molecule has 6 heteroatoms. The molecule has 0 saturated carbocycles. The molecule has 0 bridgehead atoms. The Balaban J connectivity index is 2.06. The number of anilines is 3. The Labute approximate surface area is 140 Å². The molecule has 0 unspecified atom stereocenters. The normalized spacial score (nSPS) is 11.6. The van der Waals surface area contributed by atoms with Crippen LogP contribution in [0, 0.1) is 0 Å². The predicted molar refractivity (Wildman–Crippen MR) is 95.0 cm³/mol. The topological polar surface area (TPSA) is 76.4 Å². The van der Waals surface area contributed by atoms with Crippen LogP contribution in [0.5, 0.6) is 0 Å². The van der Waals surface area contributed by atoms with E-state index in [2.05, 4.69) is 10.6 Å². The van der Waals surface area contributed by atoms with Crippen LogP contribution >= 0.6 is 11.6 Å². The lowest BCUT2D eigenvalue weighted by Crippen LogP contribution is -2.15. The van der Waals surface area contributed by atoms with E-state index in [9.17, 15) is 4.79 Å². The van der Waals surface area contributed by atoms with Gasteiger partial charge in [0.2, 0.25) is 0 Å². The van der Waals surface area contributed by atoms with Gasteiger partial charge in [-0.2, -0.15) is 0 Å². The molecule has 0 aliphatic heterocycles. The van der Waals surface area contributed by atoms with Crippen molar-refractivity contribution in [3.05, 3.63) is 53.1 Å². The van der Waals surface area contributed by atoms with Crippen molar-refractivity contribution in [3.63, 3.8) is 0 Å². The fraction of sp³-hybridized carbons (Fsp3) is 0.235. The molecule has 0 aliphatic rings. The van der Waals surface area contributed by atoms with E-state index in [-0.39, 0.29) is 6.04 Å². The lowest BCUT2D eigenvalue weighted by molar-refractivity contribution is 0.168. The Morgan fingerprint density at radius 3 is 2.57 bits per heavy atom. The number of nitrogens with one attached hydrogen (secondary N) is 2. The van der Waals surface area contributed by atoms with Crippen molar-refractivity contribution < 1.29 is 9.53 Å².